The van der Waals surface area contributed by atoms with E-state index in [4.69, 9.17) is 10.5 Å². The van der Waals surface area contributed by atoms with Crippen LogP contribution in [-0.4, -0.2) is 18.1 Å². The van der Waals surface area contributed by atoms with Crippen LogP contribution in [0.2, 0.25) is 0 Å². The first-order chi connectivity index (χ1) is 7.42. The fourth-order valence-electron chi connectivity index (χ4n) is 1.46. The van der Waals surface area contributed by atoms with Gasteiger partial charge < -0.3 is 10.5 Å². The first-order valence-electron chi connectivity index (χ1n) is 5.08. The van der Waals surface area contributed by atoms with Crippen LogP contribution in [0, 0.1) is 0 Å². The van der Waals surface area contributed by atoms with E-state index in [-0.39, 0.29) is 24.8 Å². The molecule has 1 aromatic carbocycles. The predicted octanol–water partition coefficient (Wildman–Crippen LogP) is 2.81. The Hall–Kier alpha value is -1.03. The van der Waals surface area contributed by atoms with Gasteiger partial charge in [-0.1, -0.05) is 18.2 Å². The quantitative estimate of drug-likeness (QED) is 0.873. The Morgan fingerprint density at radius 2 is 1.88 bits per heavy atom. The molecule has 0 saturated carbocycles. The highest BCUT2D eigenvalue weighted by atomic mass is 35.5. The SMILES string of the molecule is Cl.Cl.NCCCOc1cccc2cccnc12. The Morgan fingerprint density at radius 1 is 1.12 bits per heavy atom. The van der Waals surface area contributed by atoms with Crippen molar-refractivity contribution in [1.82, 2.24) is 4.98 Å². The fourth-order valence-corrected chi connectivity index (χ4v) is 1.46. The number of aromatic nitrogens is 1. The number of hydrogen-bond donors (Lipinski definition) is 1. The minimum atomic E-state index is 0. The van der Waals surface area contributed by atoms with Crippen LogP contribution in [0.4, 0.5) is 0 Å². The molecule has 5 heteroatoms. The number of halogens is 2. The molecule has 1 heterocycles. The molecule has 2 aromatic rings. The smallest absolute Gasteiger partial charge is 0.145 e. The van der Waals surface area contributed by atoms with E-state index in [2.05, 4.69) is 4.98 Å². The molecule has 0 aliphatic carbocycles. The number of ether oxygens (including phenoxy) is 1. The summed E-state index contributed by atoms with van der Waals surface area (Å²) in [4.78, 5) is 4.30. The van der Waals surface area contributed by atoms with E-state index in [0.29, 0.717) is 13.2 Å². The summed E-state index contributed by atoms with van der Waals surface area (Å²) >= 11 is 0. The van der Waals surface area contributed by atoms with Crippen LogP contribution in [0.25, 0.3) is 10.9 Å². The molecule has 1 aromatic heterocycles. The van der Waals surface area contributed by atoms with Crippen LogP contribution in [0.15, 0.2) is 36.5 Å². The number of benzene rings is 1. The Kier molecular flexibility index (Phi) is 7.63. The van der Waals surface area contributed by atoms with E-state index in [0.717, 1.165) is 23.1 Å². The average Bonchev–Trinajstić information content (AvgIpc) is 2.30. The fraction of sp³-hybridized carbons (Fsp3) is 0.250. The van der Waals surface area contributed by atoms with Gasteiger partial charge in [0.25, 0.3) is 0 Å². The number of rotatable bonds is 4. The summed E-state index contributed by atoms with van der Waals surface area (Å²) < 4.78 is 5.62. The number of nitrogens with two attached hydrogens (primary N) is 1. The molecular weight excluding hydrogens is 259 g/mol. The van der Waals surface area contributed by atoms with Crippen molar-refractivity contribution in [1.29, 1.82) is 0 Å². The molecular formula is C12H16Cl2N2O. The molecule has 0 amide bonds. The highest BCUT2D eigenvalue weighted by molar-refractivity contribution is 5.85. The summed E-state index contributed by atoms with van der Waals surface area (Å²) in [5.41, 5.74) is 6.32. The number of para-hydroxylation sites is 1. The molecule has 0 atom stereocenters. The van der Waals surface area contributed by atoms with Gasteiger partial charge in [0.2, 0.25) is 0 Å². The second-order valence-corrected chi connectivity index (χ2v) is 3.32. The Bertz CT molecular complexity index is 446. The lowest BCUT2D eigenvalue weighted by Gasteiger charge is -2.07. The molecule has 0 aliphatic rings. The molecule has 0 aliphatic heterocycles. The molecule has 2 N–H and O–H groups in total. The van der Waals surface area contributed by atoms with Gasteiger partial charge in [-0.2, -0.15) is 0 Å². The summed E-state index contributed by atoms with van der Waals surface area (Å²) in [6.07, 6.45) is 2.64. The van der Waals surface area contributed by atoms with Crippen molar-refractivity contribution in [2.24, 2.45) is 5.73 Å². The van der Waals surface area contributed by atoms with Gasteiger partial charge in [-0.3, -0.25) is 4.98 Å². The van der Waals surface area contributed by atoms with Crippen LogP contribution in [0.5, 0.6) is 5.75 Å². The molecule has 0 radical (unpaired) electrons. The highest BCUT2D eigenvalue weighted by Crippen LogP contribution is 2.22. The van der Waals surface area contributed by atoms with Crippen molar-refractivity contribution < 1.29 is 4.74 Å². The summed E-state index contributed by atoms with van der Waals surface area (Å²) in [5, 5.41) is 1.10. The largest absolute Gasteiger partial charge is 0.491 e. The molecule has 3 nitrogen and oxygen atoms in total. The van der Waals surface area contributed by atoms with Crippen LogP contribution in [0.1, 0.15) is 6.42 Å². The Balaban J connectivity index is 0.00000128. The zero-order valence-corrected chi connectivity index (χ0v) is 11.0. The molecule has 17 heavy (non-hydrogen) atoms. The van der Waals surface area contributed by atoms with Crippen LogP contribution < -0.4 is 10.5 Å². The predicted molar refractivity (Wildman–Crippen MR) is 75.4 cm³/mol. The lowest BCUT2D eigenvalue weighted by atomic mass is 10.2. The van der Waals surface area contributed by atoms with E-state index < -0.39 is 0 Å². The van der Waals surface area contributed by atoms with Gasteiger partial charge in [0.05, 0.1) is 6.61 Å². The standard InChI is InChI=1S/C12H14N2O.2ClH/c13-7-3-9-15-11-6-1-4-10-5-2-8-14-12(10)11;;/h1-2,4-6,8H,3,7,9,13H2;2*1H. The molecule has 2 rings (SSSR count). The maximum absolute atomic E-state index is 5.62. The van der Waals surface area contributed by atoms with Crippen molar-refractivity contribution in [2.75, 3.05) is 13.2 Å². The van der Waals surface area contributed by atoms with E-state index in [1.54, 1.807) is 6.20 Å². The third-order valence-electron chi connectivity index (χ3n) is 2.20. The van der Waals surface area contributed by atoms with Crippen molar-refractivity contribution in [3.05, 3.63) is 36.5 Å². The third kappa shape index (κ3) is 4.04. The van der Waals surface area contributed by atoms with Crippen LogP contribution >= 0.6 is 24.8 Å². The molecule has 94 valence electrons. The minimum Gasteiger partial charge on any atom is -0.491 e. The van der Waals surface area contributed by atoms with Crippen LogP contribution in [0.3, 0.4) is 0 Å². The van der Waals surface area contributed by atoms with Gasteiger partial charge in [0.1, 0.15) is 11.3 Å². The van der Waals surface area contributed by atoms with Crippen molar-refractivity contribution in [3.63, 3.8) is 0 Å². The van der Waals surface area contributed by atoms with E-state index in [9.17, 15) is 0 Å². The number of hydrogen-bond acceptors (Lipinski definition) is 3. The number of pyridine rings is 1. The Morgan fingerprint density at radius 3 is 2.65 bits per heavy atom. The maximum atomic E-state index is 5.62. The average molecular weight is 275 g/mol. The topological polar surface area (TPSA) is 48.1 Å². The highest BCUT2D eigenvalue weighted by Gasteiger charge is 2.01. The zero-order chi connectivity index (χ0) is 10.5. The second-order valence-electron chi connectivity index (χ2n) is 3.32. The van der Waals surface area contributed by atoms with E-state index in [1.807, 2.05) is 30.3 Å². The third-order valence-corrected chi connectivity index (χ3v) is 2.20. The van der Waals surface area contributed by atoms with Crippen LogP contribution in [-0.2, 0) is 0 Å². The van der Waals surface area contributed by atoms with Gasteiger partial charge >= 0.3 is 0 Å². The summed E-state index contributed by atoms with van der Waals surface area (Å²) in [6.45, 7) is 1.30. The van der Waals surface area contributed by atoms with Crippen molar-refractivity contribution >= 4 is 35.7 Å². The van der Waals surface area contributed by atoms with Gasteiger partial charge in [-0.15, -0.1) is 24.8 Å². The summed E-state index contributed by atoms with van der Waals surface area (Å²) in [6, 6.07) is 9.88. The van der Waals surface area contributed by atoms with Gasteiger partial charge in [0.15, 0.2) is 0 Å². The first-order valence-corrected chi connectivity index (χ1v) is 5.08. The first kappa shape index (κ1) is 16.0. The van der Waals surface area contributed by atoms with Crippen molar-refractivity contribution in [2.45, 2.75) is 6.42 Å². The van der Waals surface area contributed by atoms with E-state index in [1.165, 1.54) is 0 Å². The van der Waals surface area contributed by atoms with E-state index >= 15 is 0 Å². The molecule has 0 bridgehead atoms. The van der Waals surface area contributed by atoms with Gasteiger partial charge in [-0.05, 0) is 25.1 Å². The summed E-state index contributed by atoms with van der Waals surface area (Å²) in [5.74, 6) is 0.835. The molecule has 0 saturated heterocycles. The number of nitrogens with zero attached hydrogens (tertiary/aromatic N) is 1. The second kappa shape index (κ2) is 8.12. The molecule has 0 spiro atoms. The van der Waals surface area contributed by atoms with Gasteiger partial charge in [-0.25, -0.2) is 0 Å². The normalized spacial score (nSPS) is 9.24. The molecule has 0 fully saturated rings. The number of fused-ring (bicyclic) bond motifs is 1. The Labute approximate surface area is 113 Å². The van der Waals surface area contributed by atoms with Crippen molar-refractivity contribution in [3.8, 4) is 5.75 Å². The lowest BCUT2D eigenvalue weighted by Crippen LogP contribution is -2.06. The molecule has 0 unspecified atom stereocenters. The van der Waals surface area contributed by atoms with Gasteiger partial charge in [0, 0.05) is 11.6 Å². The minimum absolute atomic E-state index is 0. The lowest BCUT2D eigenvalue weighted by molar-refractivity contribution is 0.316. The summed E-state index contributed by atoms with van der Waals surface area (Å²) in [7, 11) is 0. The maximum Gasteiger partial charge on any atom is 0.145 e. The zero-order valence-electron chi connectivity index (χ0n) is 9.33. The monoisotopic (exact) mass is 274 g/mol.